The Morgan fingerprint density at radius 2 is 2.00 bits per heavy atom. The fourth-order valence-electron chi connectivity index (χ4n) is 1.97. The molecule has 0 heterocycles. The molecule has 26 heavy (non-hydrogen) atoms. The zero-order valence-electron chi connectivity index (χ0n) is 14.9. The largest absolute Gasteiger partial charge is 0.394 e. The minimum Gasteiger partial charge on any atom is -0.394 e. The number of amides is 1. The van der Waals surface area contributed by atoms with Crippen LogP contribution in [0.4, 0.5) is 0 Å². The highest BCUT2D eigenvalue weighted by molar-refractivity contribution is 8.54. The van der Waals surface area contributed by atoms with Gasteiger partial charge in [0.05, 0.1) is 26.4 Å². The summed E-state index contributed by atoms with van der Waals surface area (Å²) < 4.78 is 28.5. The first-order valence-corrected chi connectivity index (χ1v) is 11.2. The maximum atomic E-state index is 12.9. The van der Waals surface area contributed by atoms with E-state index in [4.69, 9.17) is 18.9 Å². The highest BCUT2D eigenvalue weighted by Gasteiger charge is 2.30. The van der Waals surface area contributed by atoms with Crippen molar-refractivity contribution in [3.8, 4) is 0 Å². The summed E-state index contributed by atoms with van der Waals surface area (Å²) >= 11 is 0.956. The van der Waals surface area contributed by atoms with Gasteiger partial charge in [-0.25, -0.2) is 4.57 Å². The number of aliphatic hydroxyl groups is 2. The second kappa shape index (κ2) is 12.5. The van der Waals surface area contributed by atoms with Crippen LogP contribution in [-0.4, -0.2) is 55.8 Å². The molecule has 0 spiro atoms. The summed E-state index contributed by atoms with van der Waals surface area (Å²) in [6.45, 7) is -2.61. The maximum Gasteiger partial charge on any atom is 0.389 e. The number of rotatable bonds is 13. The number of nitrogens with one attached hydrogen (secondary N) is 1. The summed E-state index contributed by atoms with van der Waals surface area (Å²) in [4.78, 5) is 11.1. The van der Waals surface area contributed by atoms with E-state index in [-0.39, 0.29) is 32.3 Å². The van der Waals surface area contributed by atoms with Gasteiger partial charge in [0.1, 0.15) is 6.10 Å². The van der Waals surface area contributed by atoms with Crippen LogP contribution in [0, 0.1) is 0 Å². The molecule has 0 bridgehead atoms. The van der Waals surface area contributed by atoms with E-state index >= 15 is 0 Å². The molecule has 2 unspecified atom stereocenters. The molecule has 148 valence electrons. The Balaban J connectivity index is 2.82. The van der Waals surface area contributed by atoms with Crippen molar-refractivity contribution in [2.24, 2.45) is 0 Å². The van der Waals surface area contributed by atoms with E-state index in [0.29, 0.717) is 12.3 Å². The third-order valence-electron chi connectivity index (χ3n) is 3.20. The third kappa shape index (κ3) is 8.64. The molecule has 0 saturated carbocycles. The molecular weight excluding hydrogens is 381 g/mol. The lowest BCUT2D eigenvalue weighted by Crippen LogP contribution is -2.22. The Morgan fingerprint density at radius 1 is 1.31 bits per heavy atom. The molecule has 0 radical (unpaired) electrons. The highest BCUT2D eigenvalue weighted by atomic mass is 32.7. The molecule has 0 aliphatic rings. The van der Waals surface area contributed by atoms with Crippen LogP contribution in [0.15, 0.2) is 24.3 Å². The van der Waals surface area contributed by atoms with E-state index in [1.54, 1.807) is 0 Å². The molecule has 0 saturated heterocycles. The standard InChI is InChI=1S/C16H26NO7PS/c1-13(20)17-9-14-5-3-4-6-15(14)12-26-25(21,23-8-7-18)24-16(10-19)11-22-2/h3-6,16,18-19H,7-12H2,1-2H3,(H,17,20). The van der Waals surface area contributed by atoms with Crippen LogP contribution in [0.3, 0.4) is 0 Å². The summed E-state index contributed by atoms with van der Waals surface area (Å²) in [5, 5.41) is 21.0. The molecule has 0 fully saturated rings. The second-order valence-electron chi connectivity index (χ2n) is 5.32. The van der Waals surface area contributed by atoms with Gasteiger partial charge in [0.2, 0.25) is 5.91 Å². The number of ether oxygens (including phenoxy) is 1. The zero-order valence-corrected chi connectivity index (χ0v) is 16.6. The van der Waals surface area contributed by atoms with Crippen LogP contribution in [0.2, 0.25) is 0 Å². The minimum absolute atomic E-state index is 0.0582. The molecule has 10 heteroatoms. The van der Waals surface area contributed by atoms with Crippen molar-refractivity contribution in [3.05, 3.63) is 35.4 Å². The van der Waals surface area contributed by atoms with Gasteiger partial charge in [0, 0.05) is 26.3 Å². The predicted molar refractivity (Wildman–Crippen MR) is 99.7 cm³/mol. The molecular formula is C16H26NO7PS. The van der Waals surface area contributed by atoms with Gasteiger partial charge in [-0.15, -0.1) is 0 Å². The van der Waals surface area contributed by atoms with Gasteiger partial charge < -0.3 is 20.3 Å². The summed E-state index contributed by atoms with van der Waals surface area (Å²) in [5.74, 6) is 0.168. The number of hydrogen-bond donors (Lipinski definition) is 3. The average Bonchev–Trinajstić information content (AvgIpc) is 2.63. The Bertz CT molecular complexity index is 602. The number of aliphatic hydroxyl groups excluding tert-OH is 2. The molecule has 0 aliphatic heterocycles. The zero-order chi connectivity index (χ0) is 19.4. The summed E-state index contributed by atoms with van der Waals surface area (Å²) in [6.07, 6.45) is -0.799. The second-order valence-corrected chi connectivity index (χ2v) is 9.35. The Morgan fingerprint density at radius 3 is 2.58 bits per heavy atom. The smallest absolute Gasteiger partial charge is 0.389 e. The van der Waals surface area contributed by atoms with Crippen molar-refractivity contribution in [1.29, 1.82) is 0 Å². The van der Waals surface area contributed by atoms with E-state index in [2.05, 4.69) is 5.32 Å². The normalized spacial score (nSPS) is 14.6. The fourth-order valence-corrected chi connectivity index (χ4v) is 5.43. The number of carbonyl (C=O) groups excluding carboxylic acids is 1. The van der Waals surface area contributed by atoms with Gasteiger partial charge in [0.25, 0.3) is 0 Å². The topological polar surface area (TPSA) is 114 Å². The monoisotopic (exact) mass is 407 g/mol. The quantitative estimate of drug-likeness (QED) is 0.423. The van der Waals surface area contributed by atoms with Gasteiger partial charge in [-0.2, -0.15) is 0 Å². The summed E-state index contributed by atoms with van der Waals surface area (Å²) in [7, 11) is 1.44. The molecule has 8 nitrogen and oxygen atoms in total. The van der Waals surface area contributed by atoms with Gasteiger partial charge >= 0.3 is 6.80 Å². The molecule has 0 aromatic heterocycles. The molecule has 1 aromatic carbocycles. The summed E-state index contributed by atoms with van der Waals surface area (Å²) in [5.41, 5.74) is 1.76. The number of hydrogen-bond acceptors (Lipinski definition) is 8. The van der Waals surface area contributed by atoms with Crippen LogP contribution in [0.5, 0.6) is 0 Å². The molecule has 3 N–H and O–H groups in total. The van der Waals surface area contributed by atoms with Crippen LogP contribution in [0.1, 0.15) is 18.1 Å². The molecule has 1 amide bonds. The first-order chi connectivity index (χ1) is 12.4. The number of methoxy groups -OCH3 is 1. The van der Waals surface area contributed by atoms with E-state index in [9.17, 15) is 14.5 Å². The predicted octanol–water partition coefficient (Wildman–Crippen LogP) is 1.70. The Kier molecular flexibility index (Phi) is 11.1. The Labute approximate surface area is 157 Å². The molecule has 0 aliphatic carbocycles. The van der Waals surface area contributed by atoms with Crippen LogP contribution < -0.4 is 5.32 Å². The lowest BCUT2D eigenvalue weighted by molar-refractivity contribution is -0.119. The van der Waals surface area contributed by atoms with E-state index in [1.807, 2.05) is 24.3 Å². The first kappa shape index (κ1) is 23.1. The van der Waals surface area contributed by atoms with E-state index < -0.39 is 12.9 Å². The van der Waals surface area contributed by atoms with Gasteiger partial charge in [0.15, 0.2) is 0 Å². The van der Waals surface area contributed by atoms with Crippen LogP contribution in [-0.2, 0) is 35.4 Å². The van der Waals surface area contributed by atoms with Crippen molar-refractivity contribution in [1.82, 2.24) is 5.32 Å². The number of carbonyl (C=O) groups is 1. The minimum atomic E-state index is -3.63. The van der Waals surface area contributed by atoms with E-state index in [0.717, 1.165) is 22.5 Å². The van der Waals surface area contributed by atoms with Crippen molar-refractivity contribution < 1.29 is 33.4 Å². The van der Waals surface area contributed by atoms with Gasteiger partial charge in [-0.1, -0.05) is 24.3 Å². The Hall–Kier alpha value is -0.930. The summed E-state index contributed by atoms with van der Waals surface area (Å²) in [6, 6.07) is 7.42. The molecule has 1 rings (SSSR count). The van der Waals surface area contributed by atoms with Crippen LogP contribution >= 0.6 is 18.2 Å². The van der Waals surface area contributed by atoms with Gasteiger partial charge in [-0.05, 0) is 22.5 Å². The third-order valence-corrected chi connectivity index (χ3v) is 6.92. The first-order valence-electron chi connectivity index (χ1n) is 8.03. The SMILES string of the molecule is COCC(CO)OP(=O)(OCCO)SCc1ccccc1CNC(C)=O. The lowest BCUT2D eigenvalue weighted by atomic mass is 10.1. The van der Waals surface area contributed by atoms with Crippen molar-refractivity contribution >= 4 is 24.1 Å². The van der Waals surface area contributed by atoms with Crippen molar-refractivity contribution in [2.75, 3.05) is 33.5 Å². The van der Waals surface area contributed by atoms with Crippen molar-refractivity contribution in [3.63, 3.8) is 0 Å². The highest BCUT2D eigenvalue weighted by Crippen LogP contribution is 2.62. The molecule has 1 aromatic rings. The lowest BCUT2D eigenvalue weighted by Gasteiger charge is -2.22. The van der Waals surface area contributed by atoms with E-state index in [1.165, 1.54) is 14.0 Å². The van der Waals surface area contributed by atoms with Crippen LogP contribution in [0.25, 0.3) is 0 Å². The molecule has 2 atom stereocenters. The van der Waals surface area contributed by atoms with Gasteiger partial charge in [-0.3, -0.25) is 13.8 Å². The maximum absolute atomic E-state index is 12.9. The average molecular weight is 407 g/mol. The number of benzene rings is 1. The fraction of sp³-hybridized carbons (Fsp3) is 0.562. The van der Waals surface area contributed by atoms with Crippen molar-refractivity contribution in [2.45, 2.75) is 25.3 Å².